The first-order valence-electron chi connectivity index (χ1n) is 5.43. The van der Waals surface area contributed by atoms with Crippen LogP contribution in [-0.2, 0) is 14.8 Å². The number of sulfonamides is 1. The molecule has 0 amide bonds. The predicted octanol–water partition coefficient (Wildman–Crippen LogP) is 1.21. The first-order chi connectivity index (χ1) is 7.63. The topological polar surface area (TPSA) is 74.7 Å². The minimum absolute atomic E-state index is 0.0147. The third-order valence-corrected chi connectivity index (χ3v) is 5.59. The Balaban J connectivity index is 2.73. The summed E-state index contributed by atoms with van der Waals surface area (Å²) in [5, 5.41) is 8.96. The second-order valence-corrected chi connectivity index (χ2v) is 8.41. The van der Waals surface area contributed by atoms with Gasteiger partial charge in [0.2, 0.25) is 10.0 Å². The van der Waals surface area contributed by atoms with E-state index in [0.29, 0.717) is 12.2 Å². The van der Waals surface area contributed by atoms with E-state index in [-0.39, 0.29) is 17.0 Å². The van der Waals surface area contributed by atoms with Crippen LogP contribution in [-0.4, -0.2) is 47.2 Å². The maximum absolute atomic E-state index is 12.0. The van der Waals surface area contributed by atoms with Gasteiger partial charge in [0.15, 0.2) is 0 Å². The smallest absolute Gasteiger partial charge is 0.322 e. The van der Waals surface area contributed by atoms with E-state index in [0.717, 1.165) is 4.31 Å². The van der Waals surface area contributed by atoms with Gasteiger partial charge in [-0.05, 0) is 11.8 Å². The van der Waals surface area contributed by atoms with Crippen LogP contribution in [0.4, 0.5) is 0 Å². The zero-order valence-corrected chi connectivity index (χ0v) is 12.0. The van der Waals surface area contributed by atoms with Gasteiger partial charge in [-0.3, -0.25) is 4.79 Å². The Morgan fingerprint density at radius 1 is 1.47 bits per heavy atom. The summed E-state index contributed by atoms with van der Waals surface area (Å²) in [6.45, 7) is 5.90. The first-order valence-corrected chi connectivity index (χ1v) is 8.20. The molecule has 0 aliphatic carbocycles. The standard InChI is InChI=1S/C10H19NO4S2/c1-10(2,3)4-5-17(14,15)11-7-16-6-8(11)9(12)13/h8H,4-7H2,1-3H3,(H,12,13). The van der Waals surface area contributed by atoms with Crippen LogP contribution in [0.2, 0.25) is 0 Å². The molecular formula is C10H19NO4S2. The third kappa shape index (κ3) is 4.15. The van der Waals surface area contributed by atoms with E-state index in [9.17, 15) is 13.2 Å². The summed E-state index contributed by atoms with van der Waals surface area (Å²) < 4.78 is 25.2. The third-order valence-electron chi connectivity index (χ3n) is 2.59. The van der Waals surface area contributed by atoms with Gasteiger partial charge < -0.3 is 5.11 Å². The Kier molecular flexibility index (Phi) is 4.49. The fourth-order valence-electron chi connectivity index (χ4n) is 1.45. The lowest BCUT2D eigenvalue weighted by Crippen LogP contribution is -2.43. The second kappa shape index (κ2) is 5.16. The summed E-state index contributed by atoms with van der Waals surface area (Å²) in [6, 6.07) is -0.898. The summed E-state index contributed by atoms with van der Waals surface area (Å²) in [7, 11) is -3.46. The maximum Gasteiger partial charge on any atom is 0.322 e. The van der Waals surface area contributed by atoms with Crippen LogP contribution >= 0.6 is 11.8 Å². The molecule has 0 aromatic heterocycles. The highest BCUT2D eigenvalue weighted by Gasteiger charge is 2.39. The summed E-state index contributed by atoms with van der Waals surface area (Å²) >= 11 is 1.34. The van der Waals surface area contributed by atoms with Crippen LogP contribution in [0.15, 0.2) is 0 Å². The van der Waals surface area contributed by atoms with Crippen molar-refractivity contribution in [2.45, 2.75) is 33.2 Å². The van der Waals surface area contributed by atoms with Crippen LogP contribution in [0.3, 0.4) is 0 Å². The molecule has 1 heterocycles. The molecule has 0 bridgehead atoms. The van der Waals surface area contributed by atoms with Gasteiger partial charge >= 0.3 is 5.97 Å². The van der Waals surface area contributed by atoms with Crippen LogP contribution in [0.1, 0.15) is 27.2 Å². The molecule has 7 heteroatoms. The monoisotopic (exact) mass is 281 g/mol. The highest BCUT2D eigenvalue weighted by atomic mass is 32.2. The zero-order valence-electron chi connectivity index (χ0n) is 10.3. The lowest BCUT2D eigenvalue weighted by Gasteiger charge is -2.23. The number of carboxylic acid groups (broad SMARTS) is 1. The van der Waals surface area contributed by atoms with Gasteiger partial charge in [0.1, 0.15) is 6.04 Å². The molecule has 17 heavy (non-hydrogen) atoms. The van der Waals surface area contributed by atoms with Gasteiger partial charge in [0, 0.05) is 5.75 Å². The van der Waals surface area contributed by atoms with E-state index < -0.39 is 22.0 Å². The molecule has 0 saturated carbocycles. The molecule has 1 fully saturated rings. The predicted molar refractivity (Wildman–Crippen MR) is 68.4 cm³/mol. The Bertz CT molecular complexity index is 386. The van der Waals surface area contributed by atoms with Gasteiger partial charge in [-0.25, -0.2) is 8.42 Å². The van der Waals surface area contributed by atoms with E-state index in [4.69, 9.17) is 5.11 Å². The number of carboxylic acids is 1. The van der Waals surface area contributed by atoms with Gasteiger partial charge in [0.05, 0.1) is 11.6 Å². The van der Waals surface area contributed by atoms with Crippen LogP contribution in [0.25, 0.3) is 0 Å². The Morgan fingerprint density at radius 3 is 2.53 bits per heavy atom. The van der Waals surface area contributed by atoms with E-state index in [2.05, 4.69) is 0 Å². The Morgan fingerprint density at radius 2 is 2.06 bits per heavy atom. The first kappa shape index (κ1) is 14.8. The minimum atomic E-state index is -3.46. The fraction of sp³-hybridized carbons (Fsp3) is 0.900. The van der Waals surface area contributed by atoms with E-state index in [1.807, 2.05) is 20.8 Å². The van der Waals surface area contributed by atoms with E-state index in [1.165, 1.54) is 11.8 Å². The Hall–Kier alpha value is -0.270. The van der Waals surface area contributed by atoms with Gasteiger partial charge in [0.25, 0.3) is 0 Å². The van der Waals surface area contributed by atoms with Gasteiger partial charge in [-0.2, -0.15) is 4.31 Å². The highest BCUT2D eigenvalue weighted by molar-refractivity contribution is 8.00. The average Bonchev–Trinajstić information content (AvgIpc) is 2.62. The molecule has 1 unspecified atom stereocenters. The number of carbonyl (C=O) groups is 1. The molecule has 5 nitrogen and oxygen atoms in total. The maximum atomic E-state index is 12.0. The number of aliphatic carboxylic acids is 1. The Labute approximate surface area is 107 Å². The molecule has 0 radical (unpaired) electrons. The zero-order chi connectivity index (χ0) is 13.3. The lowest BCUT2D eigenvalue weighted by atomic mass is 9.94. The lowest BCUT2D eigenvalue weighted by molar-refractivity contribution is -0.140. The van der Waals surface area contributed by atoms with E-state index >= 15 is 0 Å². The van der Waals surface area contributed by atoms with Crippen molar-refractivity contribution in [3.63, 3.8) is 0 Å². The number of rotatable bonds is 4. The van der Waals surface area contributed by atoms with Crippen LogP contribution < -0.4 is 0 Å². The van der Waals surface area contributed by atoms with Crippen molar-refractivity contribution >= 4 is 27.8 Å². The SMILES string of the molecule is CC(C)(C)CCS(=O)(=O)N1CSCC1C(=O)O. The number of thioether (sulfide) groups is 1. The normalized spacial score (nSPS) is 22.9. The molecular weight excluding hydrogens is 262 g/mol. The quantitative estimate of drug-likeness (QED) is 0.838. The summed E-state index contributed by atoms with van der Waals surface area (Å²) in [5.41, 5.74) is -0.0708. The number of hydrogen-bond donors (Lipinski definition) is 1. The second-order valence-electron chi connectivity index (χ2n) is 5.37. The molecule has 100 valence electrons. The summed E-state index contributed by atoms with van der Waals surface area (Å²) in [4.78, 5) is 10.9. The number of hydrogen-bond acceptors (Lipinski definition) is 4. The largest absolute Gasteiger partial charge is 0.480 e. The van der Waals surface area contributed by atoms with Crippen molar-refractivity contribution in [2.75, 3.05) is 17.4 Å². The van der Waals surface area contributed by atoms with Crippen LogP contribution in [0.5, 0.6) is 0 Å². The van der Waals surface area contributed by atoms with Crippen molar-refractivity contribution in [2.24, 2.45) is 5.41 Å². The minimum Gasteiger partial charge on any atom is -0.480 e. The van der Waals surface area contributed by atoms with Crippen molar-refractivity contribution in [3.8, 4) is 0 Å². The molecule has 0 aromatic carbocycles. The van der Waals surface area contributed by atoms with Crippen molar-refractivity contribution in [1.82, 2.24) is 4.31 Å². The molecule has 1 rings (SSSR count). The molecule has 1 aliphatic rings. The van der Waals surface area contributed by atoms with Crippen molar-refractivity contribution in [3.05, 3.63) is 0 Å². The van der Waals surface area contributed by atoms with Crippen LogP contribution in [0, 0.1) is 5.41 Å². The summed E-state index contributed by atoms with van der Waals surface area (Å²) in [6.07, 6.45) is 0.531. The summed E-state index contributed by atoms with van der Waals surface area (Å²) in [5.74, 6) is -0.455. The number of nitrogens with zero attached hydrogens (tertiary/aromatic N) is 1. The molecule has 0 aromatic rings. The molecule has 1 saturated heterocycles. The molecule has 0 spiro atoms. The molecule has 1 atom stereocenters. The highest BCUT2D eigenvalue weighted by Crippen LogP contribution is 2.27. The molecule has 1 N–H and O–H groups in total. The van der Waals surface area contributed by atoms with Crippen molar-refractivity contribution in [1.29, 1.82) is 0 Å². The molecule has 1 aliphatic heterocycles. The van der Waals surface area contributed by atoms with Gasteiger partial charge in [-0.15, -0.1) is 11.8 Å². The fourth-order valence-corrected chi connectivity index (χ4v) is 5.08. The van der Waals surface area contributed by atoms with E-state index in [1.54, 1.807) is 0 Å². The van der Waals surface area contributed by atoms with Crippen molar-refractivity contribution < 1.29 is 18.3 Å². The average molecular weight is 281 g/mol. The van der Waals surface area contributed by atoms with Gasteiger partial charge in [-0.1, -0.05) is 20.8 Å².